The summed E-state index contributed by atoms with van der Waals surface area (Å²) in [7, 11) is 0. The van der Waals surface area contributed by atoms with Crippen LogP contribution in [0.2, 0.25) is 0 Å². The molecule has 0 fully saturated rings. The molecule has 0 spiro atoms. The minimum absolute atomic E-state index is 0.0208. The van der Waals surface area contributed by atoms with E-state index in [1.54, 1.807) is 24.3 Å². The largest absolute Gasteiger partial charge is 0.508 e. The van der Waals surface area contributed by atoms with Gasteiger partial charge in [-0.05, 0) is 36.4 Å². The highest BCUT2D eigenvalue weighted by Crippen LogP contribution is 2.26. The number of hydrogen-bond donors (Lipinski definition) is 3. The lowest BCUT2D eigenvalue weighted by molar-refractivity contribution is 0.450. The van der Waals surface area contributed by atoms with E-state index in [0.29, 0.717) is 10.4 Å². The summed E-state index contributed by atoms with van der Waals surface area (Å²) in [6.45, 7) is 0. The van der Waals surface area contributed by atoms with Crippen molar-refractivity contribution in [3.8, 4) is 34.2 Å². The van der Waals surface area contributed by atoms with E-state index in [1.165, 1.54) is 29.7 Å². The van der Waals surface area contributed by atoms with Crippen molar-refractivity contribution in [2.45, 2.75) is 0 Å². The summed E-state index contributed by atoms with van der Waals surface area (Å²) in [4.78, 5) is 0.629. The molecule has 6 nitrogen and oxygen atoms in total. The summed E-state index contributed by atoms with van der Waals surface area (Å²) in [5.74, 6) is 0.0895. The second-order valence-electron chi connectivity index (χ2n) is 6.21. The molecule has 1 aromatic heterocycles. The second kappa shape index (κ2) is 8.04. The number of aromatic nitrogens is 1. The van der Waals surface area contributed by atoms with Gasteiger partial charge in [-0.25, -0.2) is 0 Å². The third-order valence-corrected chi connectivity index (χ3v) is 5.03. The van der Waals surface area contributed by atoms with Gasteiger partial charge in [0.1, 0.15) is 17.2 Å². The first-order valence-corrected chi connectivity index (χ1v) is 9.64. The summed E-state index contributed by atoms with van der Waals surface area (Å²) < 4.78 is 1.95. The van der Waals surface area contributed by atoms with Crippen LogP contribution in [-0.4, -0.2) is 26.1 Å². The molecular weight excluding hydrogens is 386 g/mol. The third-order valence-electron chi connectivity index (χ3n) is 4.22. The van der Waals surface area contributed by atoms with Crippen LogP contribution >= 0.6 is 11.3 Å². The minimum atomic E-state index is -0.0773. The molecular formula is C22H17N3O3S. The summed E-state index contributed by atoms with van der Waals surface area (Å²) >= 11 is 1.41. The van der Waals surface area contributed by atoms with Crippen molar-refractivity contribution in [2.24, 2.45) is 10.2 Å². The maximum Gasteiger partial charge on any atom is 0.215 e. The lowest BCUT2D eigenvalue weighted by Gasteiger charge is -2.09. The minimum Gasteiger partial charge on any atom is -0.508 e. The molecule has 3 N–H and O–H groups in total. The number of nitrogens with zero attached hydrogens (tertiary/aromatic N) is 3. The van der Waals surface area contributed by atoms with Gasteiger partial charge in [0.15, 0.2) is 0 Å². The predicted octanol–water partition coefficient (Wildman–Crippen LogP) is 4.26. The Kier molecular flexibility index (Phi) is 5.13. The fourth-order valence-electron chi connectivity index (χ4n) is 2.86. The molecule has 4 aromatic rings. The lowest BCUT2D eigenvalue weighted by Crippen LogP contribution is -2.13. The van der Waals surface area contributed by atoms with Crippen LogP contribution in [0.25, 0.3) is 16.9 Å². The van der Waals surface area contributed by atoms with Crippen molar-refractivity contribution in [3.63, 3.8) is 0 Å². The van der Waals surface area contributed by atoms with E-state index in [-0.39, 0.29) is 17.2 Å². The van der Waals surface area contributed by atoms with E-state index < -0.39 is 0 Å². The van der Waals surface area contributed by atoms with Gasteiger partial charge in [0.05, 0.1) is 11.9 Å². The van der Waals surface area contributed by atoms with Gasteiger partial charge in [-0.15, -0.1) is 16.4 Å². The summed E-state index contributed by atoms with van der Waals surface area (Å²) in [5.41, 5.74) is 3.08. The Morgan fingerprint density at radius 3 is 2.38 bits per heavy atom. The van der Waals surface area contributed by atoms with Crippen molar-refractivity contribution >= 4 is 17.6 Å². The van der Waals surface area contributed by atoms with Crippen molar-refractivity contribution in [2.75, 3.05) is 0 Å². The smallest absolute Gasteiger partial charge is 0.215 e. The normalized spacial score (nSPS) is 11.9. The Balaban J connectivity index is 1.81. The van der Waals surface area contributed by atoms with Crippen LogP contribution < -0.4 is 4.80 Å². The van der Waals surface area contributed by atoms with Gasteiger partial charge in [-0.3, -0.25) is 4.57 Å². The average Bonchev–Trinajstić information content (AvgIpc) is 3.14. The number of rotatable bonds is 4. The van der Waals surface area contributed by atoms with E-state index in [2.05, 4.69) is 10.2 Å². The number of para-hydroxylation sites is 1. The second-order valence-corrected chi connectivity index (χ2v) is 7.05. The molecule has 0 aliphatic carbocycles. The summed E-state index contributed by atoms with van der Waals surface area (Å²) in [6.07, 6.45) is 1.43. The molecule has 0 bridgehead atoms. The van der Waals surface area contributed by atoms with E-state index in [0.717, 1.165) is 16.9 Å². The number of thiazole rings is 1. The lowest BCUT2D eigenvalue weighted by atomic mass is 10.1. The number of aromatic hydroxyl groups is 3. The maximum atomic E-state index is 9.88. The average molecular weight is 403 g/mol. The first kappa shape index (κ1) is 18.5. The Morgan fingerprint density at radius 1 is 0.828 bits per heavy atom. The molecule has 0 aliphatic heterocycles. The van der Waals surface area contributed by atoms with Gasteiger partial charge < -0.3 is 15.3 Å². The van der Waals surface area contributed by atoms with Crippen LogP contribution in [0, 0.1) is 0 Å². The molecule has 3 aromatic carbocycles. The zero-order chi connectivity index (χ0) is 20.2. The highest BCUT2D eigenvalue weighted by atomic mass is 32.1. The molecule has 0 amide bonds. The highest BCUT2D eigenvalue weighted by molar-refractivity contribution is 7.07. The van der Waals surface area contributed by atoms with Gasteiger partial charge in [0, 0.05) is 28.3 Å². The van der Waals surface area contributed by atoms with Crippen molar-refractivity contribution in [1.82, 2.24) is 4.57 Å². The van der Waals surface area contributed by atoms with E-state index in [9.17, 15) is 15.3 Å². The number of phenolic OH excluding ortho intramolecular Hbond substituents is 3. The van der Waals surface area contributed by atoms with Gasteiger partial charge in [-0.2, -0.15) is 5.10 Å². The van der Waals surface area contributed by atoms with Gasteiger partial charge >= 0.3 is 0 Å². The molecule has 4 rings (SSSR count). The monoisotopic (exact) mass is 403 g/mol. The fraction of sp³-hybridized carbons (Fsp3) is 0. The van der Waals surface area contributed by atoms with Gasteiger partial charge in [0.25, 0.3) is 0 Å². The molecule has 0 atom stereocenters. The molecule has 29 heavy (non-hydrogen) atoms. The standard InChI is InChI=1S/C22H17N3O3S/c26-18-8-4-5-15(11-18)20-14-29-22(25(20)17-6-2-1-3-7-17)24-23-13-16-9-10-19(27)12-21(16)28/h1-14,26-28H/b23-13+,24-22?. The number of phenols is 3. The summed E-state index contributed by atoms with van der Waals surface area (Å²) in [6, 6.07) is 21.1. The molecule has 0 saturated heterocycles. The molecule has 7 heteroatoms. The Hall–Kier alpha value is -3.84. The van der Waals surface area contributed by atoms with Crippen LogP contribution in [0.3, 0.4) is 0 Å². The fourth-order valence-corrected chi connectivity index (χ4v) is 3.72. The SMILES string of the molecule is Oc1cccc(-c2csc(=N/N=C/c3ccc(O)cc3O)n2-c2ccccc2)c1. The quantitative estimate of drug-likeness (QED) is 0.351. The van der Waals surface area contributed by atoms with E-state index in [1.807, 2.05) is 46.3 Å². The third kappa shape index (κ3) is 4.04. The van der Waals surface area contributed by atoms with E-state index in [4.69, 9.17) is 0 Å². The zero-order valence-electron chi connectivity index (χ0n) is 15.2. The van der Waals surface area contributed by atoms with Gasteiger partial charge in [-0.1, -0.05) is 30.3 Å². The first-order valence-electron chi connectivity index (χ1n) is 8.76. The Labute approximate surface area is 170 Å². The van der Waals surface area contributed by atoms with Crippen LogP contribution in [0.15, 0.2) is 88.4 Å². The zero-order valence-corrected chi connectivity index (χ0v) is 16.0. The molecule has 0 saturated carbocycles. The molecule has 0 unspecified atom stereocenters. The maximum absolute atomic E-state index is 9.88. The highest BCUT2D eigenvalue weighted by Gasteiger charge is 2.10. The number of benzene rings is 3. The van der Waals surface area contributed by atoms with Crippen LogP contribution in [0.5, 0.6) is 17.2 Å². The van der Waals surface area contributed by atoms with Gasteiger partial charge in [0.2, 0.25) is 4.80 Å². The molecule has 144 valence electrons. The van der Waals surface area contributed by atoms with Crippen LogP contribution in [-0.2, 0) is 0 Å². The Morgan fingerprint density at radius 2 is 1.62 bits per heavy atom. The predicted molar refractivity (Wildman–Crippen MR) is 114 cm³/mol. The summed E-state index contributed by atoms with van der Waals surface area (Å²) in [5, 5.41) is 39.5. The van der Waals surface area contributed by atoms with Crippen LogP contribution in [0.4, 0.5) is 0 Å². The first-order chi connectivity index (χ1) is 14.1. The Bertz CT molecular complexity index is 1240. The van der Waals surface area contributed by atoms with E-state index >= 15 is 0 Å². The topological polar surface area (TPSA) is 90.3 Å². The molecule has 0 aliphatic rings. The van der Waals surface area contributed by atoms with Crippen molar-refractivity contribution < 1.29 is 15.3 Å². The molecule has 0 radical (unpaired) electrons. The number of hydrogen-bond acceptors (Lipinski definition) is 6. The van der Waals surface area contributed by atoms with Crippen LogP contribution in [0.1, 0.15) is 5.56 Å². The van der Waals surface area contributed by atoms with Crippen molar-refractivity contribution in [1.29, 1.82) is 0 Å². The van der Waals surface area contributed by atoms with Crippen molar-refractivity contribution in [3.05, 3.63) is 88.5 Å². The molecule has 1 heterocycles.